The molecule has 0 amide bonds. The lowest BCUT2D eigenvalue weighted by molar-refractivity contribution is 0.156. The lowest BCUT2D eigenvalue weighted by Crippen LogP contribution is -2.41. The van der Waals surface area contributed by atoms with Crippen LogP contribution in [-0.4, -0.2) is 43.7 Å². The van der Waals surface area contributed by atoms with Crippen molar-refractivity contribution in [3.63, 3.8) is 0 Å². The molecule has 2 aliphatic rings. The third kappa shape index (κ3) is 4.59. The molecule has 1 aromatic carbocycles. The smallest absolute Gasteiger partial charge is 0.194 e. The zero-order chi connectivity index (χ0) is 15.4. The first-order valence-corrected chi connectivity index (χ1v) is 8.37. The average Bonchev–Trinajstić information content (AvgIpc) is 3.14. The number of aliphatic imine (C=N–C) groups is 1. The lowest BCUT2D eigenvalue weighted by Gasteiger charge is -2.25. The Morgan fingerprint density at radius 2 is 2.26 bits per heavy atom. The van der Waals surface area contributed by atoms with Gasteiger partial charge in [0.1, 0.15) is 0 Å². The van der Waals surface area contributed by atoms with Gasteiger partial charge in [-0.15, -0.1) is 24.0 Å². The maximum Gasteiger partial charge on any atom is 0.194 e. The monoisotopic (exact) mass is 429 g/mol. The van der Waals surface area contributed by atoms with E-state index in [2.05, 4.69) is 48.3 Å². The largest absolute Gasteiger partial charge is 0.381 e. The Bertz CT molecular complexity index is 541. The summed E-state index contributed by atoms with van der Waals surface area (Å²) >= 11 is 0. The van der Waals surface area contributed by atoms with Gasteiger partial charge < -0.3 is 15.0 Å². The summed E-state index contributed by atoms with van der Waals surface area (Å²) < 4.78 is 5.63. The molecule has 128 valence electrons. The minimum absolute atomic E-state index is 0. The summed E-state index contributed by atoms with van der Waals surface area (Å²) in [6, 6.07) is 8.59. The molecule has 0 saturated carbocycles. The van der Waals surface area contributed by atoms with Crippen LogP contribution < -0.4 is 5.32 Å². The van der Waals surface area contributed by atoms with Gasteiger partial charge in [0.15, 0.2) is 5.96 Å². The molecule has 1 atom stereocenters. The number of likely N-dealkylation sites (tertiary alicyclic amines) is 1. The maximum absolute atomic E-state index is 5.63. The van der Waals surface area contributed by atoms with E-state index in [1.807, 2.05) is 0 Å². The van der Waals surface area contributed by atoms with E-state index in [4.69, 9.17) is 9.73 Å². The Morgan fingerprint density at radius 1 is 1.39 bits per heavy atom. The van der Waals surface area contributed by atoms with Crippen LogP contribution in [0.2, 0.25) is 0 Å². The summed E-state index contributed by atoms with van der Waals surface area (Å²) in [4.78, 5) is 7.26. The fourth-order valence-corrected chi connectivity index (χ4v) is 3.49. The van der Waals surface area contributed by atoms with Crippen molar-refractivity contribution in [1.82, 2.24) is 10.2 Å². The van der Waals surface area contributed by atoms with Gasteiger partial charge in [0.05, 0.1) is 13.2 Å². The van der Waals surface area contributed by atoms with Gasteiger partial charge in [-0.1, -0.05) is 29.8 Å². The first kappa shape index (κ1) is 18.5. The average molecular weight is 429 g/mol. The summed E-state index contributed by atoms with van der Waals surface area (Å²) in [6.07, 6.45) is 2.42. The van der Waals surface area contributed by atoms with Gasteiger partial charge >= 0.3 is 0 Å². The fraction of sp³-hybridized carbons (Fsp3) is 0.611. The van der Waals surface area contributed by atoms with Crippen molar-refractivity contribution < 1.29 is 4.74 Å². The highest BCUT2D eigenvalue weighted by atomic mass is 127. The predicted octanol–water partition coefficient (Wildman–Crippen LogP) is 3.19. The molecule has 5 heteroatoms. The van der Waals surface area contributed by atoms with Gasteiger partial charge in [0.25, 0.3) is 0 Å². The van der Waals surface area contributed by atoms with Crippen molar-refractivity contribution in [3.8, 4) is 0 Å². The van der Waals surface area contributed by atoms with Crippen LogP contribution in [-0.2, 0) is 11.3 Å². The molecule has 4 nitrogen and oxygen atoms in total. The number of nitrogens with one attached hydrogen (secondary N) is 1. The van der Waals surface area contributed by atoms with E-state index in [1.165, 1.54) is 24.0 Å². The quantitative estimate of drug-likeness (QED) is 0.456. The molecule has 1 aromatic rings. The second-order valence-corrected chi connectivity index (χ2v) is 6.63. The van der Waals surface area contributed by atoms with Crippen molar-refractivity contribution >= 4 is 29.9 Å². The molecule has 1 N–H and O–H groups in total. The highest BCUT2D eigenvalue weighted by Crippen LogP contribution is 2.38. The molecular formula is C18H28IN3O. The fourth-order valence-electron chi connectivity index (χ4n) is 3.49. The molecule has 2 fully saturated rings. The number of rotatable bonds is 3. The van der Waals surface area contributed by atoms with Gasteiger partial charge in [0.2, 0.25) is 0 Å². The van der Waals surface area contributed by atoms with E-state index in [-0.39, 0.29) is 24.0 Å². The molecule has 1 unspecified atom stereocenters. The van der Waals surface area contributed by atoms with Crippen LogP contribution >= 0.6 is 24.0 Å². The highest BCUT2D eigenvalue weighted by molar-refractivity contribution is 14.0. The summed E-state index contributed by atoms with van der Waals surface area (Å²) in [6.45, 7) is 9.91. The first-order valence-electron chi connectivity index (χ1n) is 8.37. The Hall–Kier alpha value is -0.820. The Morgan fingerprint density at radius 3 is 2.96 bits per heavy atom. The second-order valence-electron chi connectivity index (χ2n) is 6.63. The molecule has 0 radical (unpaired) electrons. The lowest BCUT2D eigenvalue weighted by atomic mass is 9.87. The molecular weight excluding hydrogens is 401 g/mol. The number of aryl methyl sites for hydroxylation is 1. The molecule has 1 spiro atoms. The van der Waals surface area contributed by atoms with Crippen LogP contribution in [0.5, 0.6) is 0 Å². The van der Waals surface area contributed by atoms with E-state index in [1.54, 1.807) is 0 Å². The summed E-state index contributed by atoms with van der Waals surface area (Å²) in [7, 11) is 0. The Balaban J connectivity index is 0.00000192. The van der Waals surface area contributed by atoms with Crippen LogP contribution in [0, 0.1) is 12.3 Å². The predicted molar refractivity (Wildman–Crippen MR) is 105 cm³/mol. The van der Waals surface area contributed by atoms with Gasteiger partial charge in [-0.3, -0.25) is 0 Å². The van der Waals surface area contributed by atoms with Crippen LogP contribution in [0.25, 0.3) is 0 Å². The molecule has 2 heterocycles. The van der Waals surface area contributed by atoms with E-state index in [9.17, 15) is 0 Å². The molecule has 2 saturated heterocycles. The third-order valence-electron chi connectivity index (χ3n) is 4.75. The third-order valence-corrected chi connectivity index (χ3v) is 4.75. The SMILES string of the molecule is CCNC(=NCc1cccc(C)c1)N1CCC2(CCOC2)C1.I. The summed E-state index contributed by atoms with van der Waals surface area (Å²) in [5.41, 5.74) is 2.94. The second kappa shape index (κ2) is 8.33. The van der Waals surface area contributed by atoms with Crippen molar-refractivity contribution in [2.24, 2.45) is 10.4 Å². The zero-order valence-electron chi connectivity index (χ0n) is 14.2. The van der Waals surface area contributed by atoms with Gasteiger partial charge in [0, 0.05) is 31.7 Å². The number of halogens is 1. The summed E-state index contributed by atoms with van der Waals surface area (Å²) in [5, 5.41) is 3.45. The number of nitrogens with zero attached hydrogens (tertiary/aromatic N) is 2. The van der Waals surface area contributed by atoms with Gasteiger partial charge in [-0.2, -0.15) is 0 Å². The van der Waals surface area contributed by atoms with E-state index >= 15 is 0 Å². The minimum atomic E-state index is 0. The number of benzene rings is 1. The number of hydrogen-bond donors (Lipinski definition) is 1. The van der Waals surface area contributed by atoms with Crippen molar-refractivity contribution in [2.45, 2.75) is 33.2 Å². The Kier molecular flexibility index (Phi) is 6.71. The normalized spacial score (nSPS) is 24.1. The standard InChI is InChI=1S/C18H27N3O.HI/c1-3-19-17(20-12-16-6-4-5-15(2)11-16)21-9-7-18(13-21)8-10-22-14-18;/h4-6,11H,3,7-10,12-14H2,1-2H3,(H,19,20);1H. The highest BCUT2D eigenvalue weighted by Gasteiger charge is 2.42. The number of guanidine groups is 1. The van der Waals surface area contributed by atoms with E-state index in [0.717, 1.165) is 45.4 Å². The van der Waals surface area contributed by atoms with Crippen LogP contribution in [0.15, 0.2) is 29.3 Å². The van der Waals surface area contributed by atoms with Crippen molar-refractivity contribution in [1.29, 1.82) is 0 Å². The summed E-state index contributed by atoms with van der Waals surface area (Å²) in [5.74, 6) is 1.05. The minimum Gasteiger partial charge on any atom is -0.381 e. The van der Waals surface area contributed by atoms with Gasteiger partial charge in [-0.25, -0.2) is 4.99 Å². The van der Waals surface area contributed by atoms with Crippen molar-refractivity contribution in [3.05, 3.63) is 35.4 Å². The Labute approximate surface area is 156 Å². The molecule has 0 aliphatic carbocycles. The molecule has 23 heavy (non-hydrogen) atoms. The zero-order valence-corrected chi connectivity index (χ0v) is 16.5. The van der Waals surface area contributed by atoms with Crippen LogP contribution in [0.3, 0.4) is 0 Å². The number of ether oxygens (including phenoxy) is 1. The van der Waals surface area contributed by atoms with Crippen molar-refractivity contribution in [2.75, 3.05) is 32.8 Å². The van der Waals surface area contributed by atoms with Crippen LogP contribution in [0.1, 0.15) is 30.9 Å². The van der Waals surface area contributed by atoms with Gasteiger partial charge in [-0.05, 0) is 32.3 Å². The molecule has 3 rings (SSSR count). The molecule has 0 bridgehead atoms. The number of hydrogen-bond acceptors (Lipinski definition) is 2. The molecule has 2 aliphatic heterocycles. The first-order chi connectivity index (χ1) is 10.7. The van der Waals surface area contributed by atoms with E-state index in [0.29, 0.717) is 5.41 Å². The van der Waals surface area contributed by atoms with E-state index < -0.39 is 0 Å². The van der Waals surface area contributed by atoms with Crippen LogP contribution in [0.4, 0.5) is 0 Å². The molecule has 0 aromatic heterocycles. The topological polar surface area (TPSA) is 36.9 Å². The maximum atomic E-state index is 5.63.